The average Bonchev–Trinajstić information content (AvgIpc) is 3.10. The number of aromatic nitrogens is 2. The Kier molecular flexibility index (Phi) is 1.99. The highest BCUT2D eigenvalue weighted by atomic mass is 19.1. The summed E-state index contributed by atoms with van der Waals surface area (Å²) in [7, 11) is 0. The fraction of sp³-hybridized carbons (Fsp3) is 0.375. The van der Waals surface area contributed by atoms with Crippen LogP contribution >= 0.6 is 0 Å². The Labute approximate surface area is 167 Å². The van der Waals surface area contributed by atoms with E-state index in [2.05, 4.69) is 0 Å². The Bertz CT molecular complexity index is 1450. The largest absolute Gasteiger partial charge is 0.299 e. The molecule has 2 heterocycles. The molecule has 2 aromatic heterocycles. The number of imidazole rings is 1. The number of hydrogen-bond acceptors (Lipinski definition) is 1. The van der Waals surface area contributed by atoms with E-state index >= 15 is 0 Å². The van der Waals surface area contributed by atoms with E-state index in [0.29, 0.717) is 33.2 Å². The molecule has 1 aliphatic carbocycles. The molecule has 0 fully saturated rings. The highest BCUT2D eigenvalue weighted by molar-refractivity contribution is 5.99. The van der Waals surface area contributed by atoms with Crippen LogP contribution in [-0.2, 0) is 10.8 Å². The second-order valence-corrected chi connectivity index (χ2v) is 8.71. The second kappa shape index (κ2) is 4.70. The van der Waals surface area contributed by atoms with Crippen LogP contribution in [0.5, 0.6) is 0 Å². The Morgan fingerprint density at radius 2 is 1.78 bits per heavy atom. The SMILES string of the molecule is [2H]C([2H])([2H])C1(C([2H])([2H])[2H])c2ccc3nc4c5cc(F)ccc5ccn4c3c2C(C)(C)C1(C)C. The fourth-order valence-corrected chi connectivity index (χ4v) is 4.61. The van der Waals surface area contributed by atoms with E-state index in [1.54, 1.807) is 32.0 Å². The lowest BCUT2D eigenvalue weighted by atomic mass is 9.59. The first-order valence-electron chi connectivity index (χ1n) is 12.1. The molecule has 0 radical (unpaired) electrons. The molecule has 0 N–H and O–H groups in total. The van der Waals surface area contributed by atoms with Crippen molar-refractivity contribution in [1.82, 2.24) is 9.38 Å². The highest BCUT2D eigenvalue weighted by Gasteiger charge is 2.57. The minimum atomic E-state index is -2.78. The van der Waals surface area contributed by atoms with Crippen LogP contribution in [0.4, 0.5) is 4.39 Å². The number of halogens is 1. The predicted octanol–water partition coefficient (Wildman–Crippen LogP) is 6.37. The van der Waals surface area contributed by atoms with Gasteiger partial charge < -0.3 is 0 Å². The van der Waals surface area contributed by atoms with Crippen molar-refractivity contribution >= 4 is 27.5 Å². The summed E-state index contributed by atoms with van der Waals surface area (Å²) in [6, 6.07) is 9.69. The van der Waals surface area contributed by atoms with Gasteiger partial charge in [0, 0.05) is 19.8 Å². The van der Waals surface area contributed by atoms with E-state index in [0.717, 1.165) is 5.39 Å². The molecular weight excluding hydrogens is 335 g/mol. The standard InChI is InChI=1S/C24H25FN2/c1-22(2)17-9-10-18-20(19(17)23(3,4)24(22,5)6)27-12-11-14-7-8-15(25)13-16(14)21(27)26-18/h7-13H,1-6H3/i1D3,2D3. The molecular formula is C24H25FN2. The average molecular weight is 367 g/mol. The van der Waals surface area contributed by atoms with Crippen LogP contribution in [0.25, 0.3) is 27.5 Å². The third kappa shape index (κ3) is 1.78. The van der Waals surface area contributed by atoms with E-state index in [4.69, 9.17) is 13.2 Å². The molecule has 0 saturated carbocycles. The summed E-state index contributed by atoms with van der Waals surface area (Å²) in [6.45, 7) is 1.73. The minimum Gasteiger partial charge on any atom is -0.299 e. The Balaban J connectivity index is 2.03. The molecule has 2 nitrogen and oxygen atoms in total. The van der Waals surface area contributed by atoms with Gasteiger partial charge in [-0.2, -0.15) is 0 Å². The van der Waals surface area contributed by atoms with Gasteiger partial charge in [0.05, 0.1) is 11.0 Å². The zero-order valence-electron chi connectivity index (χ0n) is 21.8. The number of hydrogen-bond donors (Lipinski definition) is 0. The first-order valence-corrected chi connectivity index (χ1v) is 9.11. The third-order valence-corrected chi connectivity index (χ3v) is 7.04. The highest BCUT2D eigenvalue weighted by Crippen LogP contribution is 2.62. The van der Waals surface area contributed by atoms with Gasteiger partial charge in [0.1, 0.15) is 11.5 Å². The summed E-state index contributed by atoms with van der Waals surface area (Å²) < 4.78 is 66.7. The van der Waals surface area contributed by atoms with E-state index in [1.807, 2.05) is 30.5 Å². The molecule has 0 atom stereocenters. The molecule has 3 heteroatoms. The van der Waals surface area contributed by atoms with Gasteiger partial charge in [-0.05, 0) is 57.0 Å². The Morgan fingerprint density at radius 1 is 1.00 bits per heavy atom. The second-order valence-electron chi connectivity index (χ2n) is 8.71. The van der Waals surface area contributed by atoms with Crippen molar-refractivity contribution in [3.05, 3.63) is 59.5 Å². The van der Waals surface area contributed by atoms with Gasteiger partial charge in [-0.25, -0.2) is 9.37 Å². The van der Waals surface area contributed by atoms with Gasteiger partial charge in [-0.3, -0.25) is 4.40 Å². The normalized spacial score (nSPS) is 24.0. The summed E-state index contributed by atoms with van der Waals surface area (Å²) in [5, 5.41) is 1.46. The van der Waals surface area contributed by atoms with Crippen LogP contribution in [0.2, 0.25) is 0 Å². The maximum absolute atomic E-state index is 14.1. The van der Waals surface area contributed by atoms with Crippen molar-refractivity contribution in [2.75, 3.05) is 0 Å². The molecule has 138 valence electrons. The summed E-state index contributed by atoms with van der Waals surface area (Å²) >= 11 is 0. The number of benzene rings is 2. The number of nitrogens with zero attached hydrogens (tertiary/aromatic N) is 2. The molecule has 4 aromatic rings. The Hall–Kier alpha value is -2.42. The lowest BCUT2D eigenvalue weighted by Crippen LogP contribution is -2.42. The summed E-state index contributed by atoms with van der Waals surface area (Å²) in [5.74, 6) is -0.377. The van der Waals surface area contributed by atoms with Crippen LogP contribution in [0.1, 0.15) is 60.8 Å². The zero-order valence-corrected chi connectivity index (χ0v) is 15.8. The lowest BCUT2D eigenvalue weighted by Gasteiger charge is -2.44. The molecule has 0 aliphatic heterocycles. The van der Waals surface area contributed by atoms with Crippen LogP contribution in [0.15, 0.2) is 42.6 Å². The minimum absolute atomic E-state index is 0.311. The molecule has 0 spiro atoms. The van der Waals surface area contributed by atoms with E-state index < -0.39 is 29.9 Å². The first kappa shape index (κ1) is 11.4. The molecule has 1 aliphatic rings. The number of rotatable bonds is 0. The van der Waals surface area contributed by atoms with Crippen LogP contribution in [0.3, 0.4) is 0 Å². The Morgan fingerprint density at radius 3 is 2.52 bits per heavy atom. The van der Waals surface area contributed by atoms with Crippen LogP contribution in [0, 0.1) is 11.2 Å². The van der Waals surface area contributed by atoms with Crippen molar-refractivity contribution in [3.63, 3.8) is 0 Å². The first-order chi connectivity index (χ1) is 15.1. The van der Waals surface area contributed by atoms with E-state index in [1.165, 1.54) is 12.1 Å². The molecule has 0 amide bonds. The van der Waals surface area contributed by atoms with E-state index in [9.17, 15) is 4.39 Å². The monoisotopic (exact) mass is 366 g/mol. The summed E-state index contributed by atoms with van der Waals surface area (Å²) in [5.41, 5.74) is -1.25. The zero-order chi connectivity index (χ0) is 24.4. The number of pyridine rings is 1. The van der Waals surface area contributed by atoms with Crippen molar-refractivity contribution < 1.29 is 12.6 Å². The van der Waals surface area contributed by atoms with Gasteiger partial charge >= 0.3 is 0 Å². The maximum atomic E-state index is 14.1. The topological polar surface area (TPSA) is 17.3 Å². The van der Waals surface area contributed by atoms with Crippen LogP contribution in [-0.4, -0.2) is 9.38 Å². The molecule has 27 heavy (non-hydrogen) atoms. The predicted molar refractivity (Wildman–Crippen MR) is 110 cm³/mol. The van der Waals surface area contributed by atoms with Crippen molar-refractivity contribution in [3.8, 4) is 0 Å². The molecule has 0 bridgehead atoms. The quantitative estimate of drug-likeness (QED) is 0.353. The van der Waals surface area contributed by atoms with E-state index in [-0.39, 0.29) is 5.82 Å². The fourth-order valence-electron chi connectivity index (χ4n) is 4.61. The van der Waals surface area contributed by atoms with Gasteiger partial charge in [0.2, 0.25) is 0 Å². The summed E-state index contributed by atoms with van der Waals surface area (Å²) in [4.78, 5) is 4.76. The third-order valence-electron chi connectivity index (χ3n) is 7.04. The molecule has 5 rings (SSSR count). The van der Waals surface area contributed by atoms with Crippen molar-refractivity contribution in [2.24, 2.45) is 5.41 Å². The smallest absolute Gasteiger partial charge is 0.145 e. The van der Waals surface area contributed by atoms with Crippen molar-refractivity contribution in [2.45, 2.75) is 52.2 Å². The van der Waals surface area contributed by atoms with Crippen LogP contribution < -0.4 is 0 Å². The molecule has 2 aromatic carbocycles. The lowest BCUT2D eigenvalue weighted by molar-refractivity contribution is 0.125. The number of fused-ring (bicyclic) bond motifs is 7. The van der Waals surface area contributed by atoms with Crippen molar-refractivity contribution in [1.29, 1.82) is 0 Å². The van der Waals surface area contributed by atoms with Gasteiger partial charge in [0.25, 0.3) is 0 Å². The van der Waals surface area contributed by atoms with Gasteiger partial charge in [0.15, 0.2) is 0 Å². The molecule has 0 saturated heterocycles. The van der Waals surface area contributed by atoms with Gasteiger partial charge in [-0.1, -0.05) is 53.5 Å². The van der Waals surface area contributed by atoms with Gasteiger partial charge in [-0.15, -0.1) is 0 Å². The molecule has 0 unspecified atom stereocenters. The summed E-state index contributed by atoms with van der Waals surface area (Å²) in [6.07, 6.45) is 1.83. The maximum Gasteiger partial charge on any atom is 0.145 e.